The average molecular weight is 289 g/mol. The second kappa shape index (κ2) is 7.41. The summed E-state index contributed by atoms with van der Waals surface area (Å²) >= 11 is 0. The number of aryl methyl sites for hydroxylation is 3. The maximum absolute atomic E-state index is 4.68. The minimum absolute atomic E-state index is 0.677. The van der Waals surface area contributed by atoms with Gasteiger partial charge >= 0.3 is 0 Å². The molecule has 0 unspecified atom stereocenters. The van der Waals surface area contributed by atoms with Crippen LogP contribution >= 0.6 is 0 Å². The van der Waals surface area contributed by atoms with Gasteiger partial charge in [0.15, 0.2) is 0 Å². The maximum atomic E-state index is 4.68. The van der Waals surface area contributed by atoms with E-state index in [4.69, 9.17) is 0 Å². The van der Waals surface area contributed by atoms with Crippen LogP contribution in [0.5, 0.6) is 0 Å². The number of aromatic nitrogens is 4. The van der Waals surface area contributed by atoms with Crippen molar-refractivity contribution >= 4 is 0 Å². The van der Waals surface area contributed by atoms with Gasteiger partial charge in [-0.3, -0.25) is 4.68 Å². The smallest absolute Gasteiger partial charge is 0.0945 e. The minimum Gasteiger partial charge on any atom is -0.337 e. The maximum Gasteiger partial charge on any atom is 0.0945 e. The number of imidazole rings is 1. The van der Waals surface area contributed by atoms with E-state index in [1.54, 1.807) is 0 Å². The van der Waals surface area contributed by atoms with Gasteiger partial charge in [0.2, 0.25) is 0 Å². The summed E-state index contributed by atoms with van der Waals surface area (Å²) in [5, 5.41) is 8.19. The van der Waals surface area contributed by atoms with Crippen molar-refractivity contribution in [2.75, 3.05) is 6.54 Å². The molecule has 5 nitrogen and oxygen atoms in total. The molecule has 5 heteroatoms. The summed E-state index contributed by atoms with van der Waals surface area (Å²) in [4.78, 5) is 4.06. The van der Waals surface area contributed by atoms with Crippen molar-refractivity contribution in [1.82, 2.24) is 24.6 Å². The van der Waals surface area contributed by atoms with Crippen LogP contribution in [-0.2, 0) is 19.6 Å². The highest BCUT2D eigenvalue weighted by atomic mass is 15.3. The van der Waals surface area contributed by atoms with Crippen LogP contribution in [0.2, 0.25) is 0 Å². The zero-order valence-electron chi connectivity index (χ0n) is 13.6. The summed E-state index contributed by atoms with van der Waals surface area (Å²) in [5.41, 5.74) is 3.78. The molecule has 116 valence electrons. The fourth-order valence-electron chi connectivity index (χ4n) is 2.52. The van der Waals surface area contributed by atoms with Crippen molar-refractivity contribution in [1.29, 1.82) is 0 Å². The summed E-state index contributed by atoms with van der Waals surface area (Å²) in [6.45, 7) is 12.6. The van der Waals surface area contributed by atoms with Crippen LogP contribution in [0.25, 0.3) is 0 Å². The van der Waals surface area contributed by atoms with Crippen LogP contribution in [0.15, 0.2) is 18.7 Å². The van der Waals surface area contributed by atoms with Crippen LogP contribution in [0, 0.1) is 19.8 Å². The van der Waals surface area contributed by atoms with Crippen molar-refractivity contribution in [2.45, 2.75) is 53.8 Å². The fraction of sp³-hybridized carbons (Fsp3) is 0.625. The highest BCUT2D eigenvalue weighted by Crippen LogP contribution is 2.13. The van der Waals surface area contributed by atoms with Gasteiger partial charge in [0.05, 0.1) is 12.0 Å². The van der Waals surface area contributed by atoms with Gasteiger partial charge in [0.1, 0.15) is 0 Å². The summed E-state index contributed by atoms with van der Waals surface area (Å²) in [7, 11) is 0. The van der Waals surface area contributed by atoms with Crippen LogP contribution < -0.4 is 5.32 Å². The first-order valence-corrected chi connectivity index (χ1v) is 7.77. The first kappa shape index (κ1) is 15.8. The Kier molecular flexibility index (Phi) is 5.56. The topological polar surface area (TPSA) is 47.7 Å². The van der Waals surface area contributed by atoms with E-state index < -0.39 is 0 Å². The Morgan fingerprint density at radius 2 is 2.05 bits per heavy atom. The number of hydrogen-bond acceptors (Lipinski definition) is 3. The summed E-state index contributed by atoms with van der Waals surface area (Å²) in [5.74, 6) is 0.677. The van der Waals surface area contributed by atoms with Crippen molar-refractivity contribution in [3.8, 4) is 0 Å². The molecule has 2 aromatic rings. The van der Waals surface area contributed by atoms with Crippen LogP contribution in [0.3, 0.4) is 0 Å². The zero-order valence-corrected chi connectivity index (χ0v) is 13.6. The van der Waals surface area contributed by atoms with Crippen molar-refractivity contribution in [3.63, 3.8) is 0 Å². The average Bonchev–Trinajstić information content (AvgIpc) is 3.02. The number of hydrogen-bond donors (Lipinski definition) is 1. The lowest BCUT2D eigenvalue weighted by atomic mass is 10.2. The second-order valence-electron chi connectivity index (χ2n) is 6.05. The van der Waals surface area contributed by atoms with E-state index in [0.29, 0.717) is 5.92 Å². The lowest BCUT2D eigenvalue weighted by Gasteiger charge is -2.08. The molecule has 0 aliphatic heterocycles. The molecule has 21 heavy (non-hydrogen) atoms. The molecule has 0 bridgehead atoms. The molecule has 2 heterocycles. The Bertz CT molecular complexity index is 539. The summed E-state index contributed by atoms with van der Waals surface area (Å²) < 4.78 is 4.25. The highest BCUT2D eigenvalue weighted by Gasteiger charge is 2.11. The van der Waals surface area contributed by atoms with Gasteiger partial charge in [-0.2, -0.15) is 5.10 Å². The molecule has 2 aromatic heterocycles. The van der Waals surface area contributed by atoms with Crippen molar-refractivity contribution in [2.24, 2.45) is 5.92 Å². The number of rotatable bonds is 8. The molecule has 0 radical (unpaired) electrons. The highest BCUT2D eigenvalue weighted by molar-refractivity contribution is 5.24. The lowest BCUT2D eigenvalue weighted by molar-refractivity contribution is 0.514. The third-order valence-electron chi connectivity index (χ3n) is 3.73. The van der Waals surface area contributed by atoms with E-state index in [0.717, 1.165) is 38.3 Å². The van der Waals surface area contributed by atoms with E-state index in [9.17, 15) is 0 Å². The fourth-order valence-corrected chi connectivity index (χ4v) is 2.52. The SMILES string of the molecule is Cc1nn(CCCn2ccnc2)c(C)c1CNCC(C)C. The molecule has 0 aliphatic carbocycles. The third kappa shape index (κ3) is 4.43. The molecular formula is C16H27N5. The van der Waals surface area contributed by atoms with Crippen molar-refractivity contribution in [3.05, 3.63) is 35.7 Å². The Morgan fingerprint density at radius 1 is 1.24 bits per heavy atom. The Morgan fingerprint density at radius 3 is 2.71 bits per heavy atom. The van der Waals surface area contributed by atoms with Gasteiger partial charge in [0.25, 0.3) is 0 Å². The molecule has 0 amide bonds. The van der Waals surface area contributed by atoms with Crippen LogP contribution in [-0.4, -0.2) is 25.9 Å². The number of nitrogens with one attached hydrogen (secondary N) is 1. The number of nitrogens with zero attached hydrogens (tertiary/aromatic N) is 4. The van der Waals surface area contributed by atoms with E-state index in [-0.39, 0.29) is 0 Å². The Labute approximate surface area is 127 Å². The molecule has 0 atom stereocenters. The van der Waals surface area contributed by atoms with Gasteiger partial charge in [-0.15, -0.1) is 0 Å². The van der Waals surface area contributed by atoms with Gasteiger partial charge < -0.3 is 9.88 Å². The first-order chi connectivity index (χ1) is 10.1. The second-order valence-corrected chi connectivity index (χ2v) is 6.05. The molecule has 1 N–H and O–H groups in total. The van der Waals surface area contributed by atoms with Crippen molar-refractivity contribution < 1.29 is 0 Å². The molecule has 0 saturated heterocycles. The molecule has 0 aliphatic rings. The molecule has 0 spiro atoms. The quantitative estimate of drug-likeness (QED) is 0.812. The Hall–Kier alpha value is -1.62. The van der Waals surface area contributed by atoms with E-state index >= 15 is 0 Å². The third-order valence-corrected chi connectivity index (χ3v) is 3.73. The molecule has 0 saturated carbocycles. The minimum atomic E-state index is 0.677. The Balaban J connectivity index is 1.88. The van der Waals surface area contributed by atoms with Gasteiger partial charge in [-0.1, -0.05) is 13.8 Å². The van der Waals surface area contributed by atoms with E-state index in [1.807, 2.05) is 18.7 Å². The lowest BCUT2D eigenvalue weighted by Crippen LogP contribution is -2.19. The van der Waals surface area contributed by atoms with E-state index in [1.165, 1.54) is 11.3 Å². The molecule has 0 aromatic carbocycles. The predicted octanol–water partition coefficient (Wildman–Crippen LogP) is 2.53. The van der Waals surface area contributed by atoms with Gasteiger partial charge in [-0.05, 0) is 32.7 Å². The van der Waals surface area contributed by atoms with E-state index in [2.05, 4.69) is 52.3 Å². The predicted molar refractivity (Wildman–Crippen MR) is 85.1 cm³/mol. The monoisotopic (exact) mass is 289 g/mol. The molecular weight excluding hydrogens is 262 g/mol. The van der Waals surface area contributed by atoms with Gasteiger partial charge in [0, 0.05) is 43.3 Å². The molecule has 2 rings (SSSR count). The van der Waals surface area contributed by atoms with Crippen LogP contribution in [0.4, 0.5) is 0 Å². The summed E-state index contributed by atoms with van der Waals surface area (Å²) in [6, 6.07) is 0. The summed E-state index contributed by atoms with van der Waals surface area (Å²) in [6.07, 6.45) is 6.75. The van der Waals surface area contributed by atoms with Gasteiger partial charge in [-0.25, -0.2) is 4.98 Å². The standard InChI is InChI=1S/C16H27N5/c1-13(2)10-18-11-16-14(3)19-21(15(16)4)8-5-7-20-9-6-17-12-20/h6,9,12-13,18H,5,7-8,10-11H2,1-4H3. The normalized spacial score (nSPS) is 11.5. The zero-order chi connectivity index (χ0) is 15.2. The first-order valence-electron chi connectivity index (χ1n) is 7.77. The molecule has 0 fully saturated rings. The largest absolute Gasteiger partial charge is 0.337 e. The van der Waals surface area contributed by atoms with Crippen LogP contribution in [0.1, 0.15) is 37.2 Å².